The largest absolute Gasteiger partial charge is 0.355 e. The van der Waals surface area contributed by atoms with Gasteiger partial charge in [0.05, 0.1) is 0 Å². The fourth-order valence-corrected chi connectivity index (χ4v) is 5.45. The van der Waals surface area contributed by atoms with E-state index in [2.05, 4.69) is 4.40 Å². The van der Waals surface area contributed by atoms with Crippen molar-refractivity contribution in [3.8, 4) is 0 Å². The van der Waals surface area contributed by atoms with Gasteiger partial charge in [-0.3, -0.25) is 9.69 Å². The van der Waals surface area contributed by atoms with Gasteiger partial charge in [0.15, 0.2) is 5.84 Å². The molecule has 4 aliphatic rings. The van der Waals surface area contributed by atoms with Crippen molar-refractivity contribution >= 4 is 27.8 Å². The Morgan fingerprint density at radius 3 is 2.37 bits per heavy atom. The molecular weight excluding hydrogens is 368 g/mol. The van der Waals surface area contributed by atoms with Gasteiger partial charge in [0.2, 0.25) is 0 Å². The normalized spacial score (nSPS) is 25.2. The van der Waals surface area contributed by atoms with E-state index in [1.54, 1.807) is 23.1 Å². The molecule has 3 amide bonds. The molecule has 3 aliphatic heterocycles. The summed E-state index contributed by atoms with van der Waals surface area (Å²) in [5.41, 5.74) is 0.642. The van der Waals surface area contributed by atoms with E-state index >= 15 is 0 Å². The van der Waals surface area contributed by atoms with E-state index < -0.39 is 10.0 Å². The van der Waals surface area contributed by atoms with Crippen LogP contribution >= 0.6 is 0 Å². The zero-order chi connectivity index (χ0) is 18.8. The fraction of sp³-hybridized carbons (Fsp3) is 0.500. The van der Waals surface area contributed by atoms with E-state index in [-0.39, 0.29) is 35.5 Å². The Hall–Kier alpha value is -2.42. The van der Waals surface area contributed by atoms with Gasteiger partial charge in [-0.05, 0) is 37.8 Å². The molecule has 0 unspecified atom stereocenters. The highest BCUT2D eigenvalue weighted by molar-refractivity contribution is 7.90. The number of sulfonamides is 1. The monoisotopic (exact) mass is 388 g/mol. The average molecular weight is 388 g/mol. The molecule has 0 N–H and O–H groups in total. The smallest absolute Gasteiger partial charge is 0.327 e. The number of likely N-dealkylation sites (tertiary alicyclic amines) is 1. The van der Waals surface area contributed by atoms with Crippen LogP contribution in [0.2, 0.25) is 0 Å². The van der Waals surface area contributed by atoms with Crippen LogP contribution in [0.1, 0.15) is 31.2 Å². The Morgan fingerprint density at radius 1 is 0.963 bits per heavy atom. The zero-order valence-corrected chi connectivity index (χ0v) is 15.6. The van der Waals surface area contributed by atoms with E-state index in [1.165, 1.54) is 4.90 Å². The van der Waals surface area contributed by atoms with Crippen LogP contribution in [0, 0.1) is 0 Å². The maximum absolute atomic E-state index is 12.6. The van der Waals surface area contributed by atoms with Crippen molar-refractivity contribution in [2.45, 2.75) is 42.7 Å². The molecule has 142 valence electrons. The lowest BCUT2D eigenvalue weighted by Crippen LogP contribution is -2.48. The molecule has 27 heavy (non-hydrogen) atoms. The van der Waals surface area contributed by atoms with E-state index in [0.717, 1.165) is 12.8 Å². The van der Waals surface area contributed by atoms with Crippen molar-refractivity contribution in [2.24, 2.45) is 4.40 Å². The molecule has 1 saturated carbocycles. The molecule has 0 aromatic heterocycles. The van der Waals surface area contributed by atoms with Crippen LogP contribution in [-0.4, -0.2) is 72.6 Å². The standard InChI is InChI=1S/C18H20N4O4S/c23-16-11-21(18(24)22(16)13-5-6-13)12-7-9-20(10-8-12)17-14-3-1-2-4-15(14)27(25,26)19-17/h1-4,12-13H,5-11H2. The lowest BCUT2D eigenvalue weighted by atomic mass is 10.0. The van der Waals surface area contributed by atoms with Crippen LogP contribution in [0.25, 0.3) is 0 Å². The summed E-state index contributed by atoms with van der Waals surface area (Å²) >= 11 is 0. The molecule has 1 aromatic rings. The molecule has 0 radical (unpaired) electrons. The van der Waals surface area contributed by atoms with Gasteiger partial charge in [-0.25, -0.2) is 4.79 Å². The second-order valence-corrected chi connectivity index (χ2v) is 9.08. The molecule has 9 heteroatoms. The molecule has 2 saturated heterocycles. The Labute approximate surface area is 157 Å². The van der Waals surface area contributed by atoms with E-state index in [9.17, 15) is 18.0 Å². The molecular formula is C18H20N4O4S. The first-order valence-corrected chi connectivity index (χ1v) is 10.7. The summed E-state index contributed by atoms with van der Waals surface area (Å²) in [6.07, 6.45) is 3.21. The maximum Gasteiger partial charge on any atom is 0.327 e. The summed E-state index contributed by atoms with van der Waals surface area (Å²) in [6.45, 7) is 1.38. The summed E-state index contributed by atoms with van der Waals surface area (Å²) in [6, 6.07) is 6.81. The molecule has 1 aromatic carbocycles. The molecule has 3 heterocycles. The van der Waals surface area contributed by atoms with Crippen molar-refractivity contribution in [1.29, 1.82) is 0 Å². The Bertz CT molecular complexity index is 961. The topological polar surface area (TPSA) is 90.4 Å². The van der Waals surface area contributed by atoms with E-state index in [4.69, 9.17) is 0 Å². The van der Waals surface area contributed by atoms with Gasteiger partial charge in [0.1, 0.15) is 11.4 Å². The SMILES string of the molecule is O=C1CN(C2CCN(C3=NS(=O)(=O)c4ccccc43)CC2)C(=O)N1C1CC1. The average Bonchev–Trinajstić information content (AvgIpc) is 3.39. The summed E-state index contributed by atoms with van der Waals surface area (Å²) in [5, 5.41) is 0. The third kappa shape index (κ3) is 2.63. The fourth-order valence-electron chi connectivity index (χ4n) is 4.22. The minimum absolute atomic E-state index is 0.00954. The molecule has 3 fully saturated rings. The lowest BCUT2D eigenvalue weighted by Gasteiger charge is -2.37. The van der Waals surface area contributed by atoms with Crippen molar-refractivity contribution in [3.05, 3.63) is 29.8 Å². The molecule has 0 atom stereocenters. The molecule has 5 rings (SSSR count). The number of carbonyl (C=O) groups is 2. The van der Waals surface area contributed by atoms with Crippen LogP contribution in [0.5, 0.6) is 0 Å². The van der Waals surface area contributed by atoms with Crippen molar-refractivity contribution in [3.63, 3.8) is 0 Å². The van der Waals surface area contributed by atoms with Crippen molar-refractivity contribution in [2.75, 3.05) is 19.6 Å². The summed E-state index contributed by atoms with van der Waals surface area (Å²) in [4.78, 5) is 30.1. The third-order valence-corrected chi connectivity index (χ3v) is 7.08. The first kappa shape index (κ1) is 16.7. The van der Waals surface area contributed by atoms with Gasteiger partial charge in [0.25, 0.3) is 15.9 Å². The number of imide groups is 1. The Balaban J connectivity index is 1.30. The van der Waals surface area contributed by atoms with Gasteiger partial charge in [-0.15, -0.1) is 4.40 Å². The Morgan fingerprint density at radius 2 is 1.67 bits per heavy atom. The highest BCUT2D eigenvalue weighted by Gasteiger charge is 2.47. The number of carbonyl (C=O) groups excluding carboxylic acids is 2. The predicted octanol–water partition coefficient (Wildman–Crippen LogP) is 1.03. The van der Waals surface area contributed by atoms with Crippen LogP contribution in [0.15, 0.2) is 33.6 Å². The van der Waals surface area contributed by atoms with Crippen molar-refractivity contribution in [1.82, 2.24) is 14.7 Å². The van der Waals surface area contributed by atoms with Gasteiger partial charge >= 0.3 is 6.03 Å². The first-order valence-electron chi connectivity index (χ1n) is 9.28. The van der Waals surface area contributed by atoms with Gasteiger partial charge in [0, 0.05) is 30.7 Å². The maximum atomic E-state index is 12.6. The summed E-state index contributed by atoms with van der Waals surface area (Å²) in [7, 11) is -3.63. The van der Waals surface area contributed by atoms with E-state index in [1.807, 2.05) is 11.0 Å². The third-order valence-electron chi connectivity index (χ3n) is 5.76. The number of amidine groups is 1. The van der Waals surface area contributed by atoms with Crippen LogP contribution in [0.4, 0.5) is 4.79 Å². The van der Waals surface area contributed by atoms with E-state index in [0.29, 0.717) is 37.3 Å². The minimum atomic E-state index is -3.63. The number of rotatable bonds is 2. The summed E-state index contributed by atoms with van der Waals surface area (Å²) < 4.78 is 28.5. The number of urea groups is 1. The second kappa shape index (κ2) is 5.79. The van der Waals surface area contributed by atoms with Gasteiger partial charge in [-0.1, -0.05) is 12.1 Å². The van der Waals surface area contributed by atoms with Crippen LogP contribution in [0.3, 0.4) is 0 Å². The first-order chi connectivity index (χ1) is 13.0. The quantitative estimate of drug-likeness (QED) is 0.706. The highest BCUT2D eigenvalue weighted by Crippen LogP contribution is 2.33. The van der Waals surface area contributed by atoms with Crippen LogP contribution < -0.4 is 0 Å². The van der Waals surface area contributed by atoms with Crippen molar-refractivity contribution < 1.29 is 18.0 Å². The molecule has 1 aliphatic carbocycles. The number of hydrogen-bond acceptors (Lipinski definition) is 5. The number of piperidine rings is 1. The van der Waals surface area contributed by atoms with Gasteiger partial charge in [-0.2, -0.15) is 8.42 Å². The zero-order valence-electron chi connectivity index (χ0n) is 14.7. The number of amides is 3. The number of benzene rings is 1. The van der Waals surface area contributed by atoms with Crippen LogP contribution in [-0.2, 0) is 14.8 Å². The number of fused-ring (bicyclic) bond motifs is 1. The second-order valence-electron chi connectivity index (χ2n) is 7.51. The molecule has 0 spiro atoms. The molecule has 8 nitrogen and oxygen atoms in total. The summed E-state index contributed by atoms with van der Waals surface area (Å²) in [5.74, 6) is 0.401. The number of nitrogens with zero attached hydrogens (tertiary/aromatic N) is 4. The lowest BCUT2D eigenvalue weighted by molar-refractivity contribution is -0.125. The van der Waals surface area contributed by atoms with Gasteiger partial charge < -0.3 is 9.80 Å². The minimum Gasteiger partial charge on any atom is -0.355 e. The Kier molecular flexibility index (Phi) is 3.59. The predicted molar refractivity (Wildman–Crippen MR) is 96.7 cm³/mol. The number of hydrogen-bond donors (Lipinski definition) is 0. The molecule has 0 bridgehead atoms. The highest BCUT2D eigenvalue weighted by atomic mass is 32.2.